The molecule has 1 aliphatic carbocycles. The van der Waals surface area contributed by atoms with Crippen LogP contribution in [0.1, 0.15) is 50.4 Å². The van der Waals surface area contributed by atoms with Crippen molar-refractivity contribution < 1.29 is 23.8 Å². The summed E-state index contributed by atoms with van der Waals surface area (Å²) in [5.41, 5.74) is 0.337. The zero-order valence-electron chi connectivity index (χ0n) is 14.9. The predicted molar refractivity (Wildman–Crippen MR) is 91.6 cm³/mol. The Hall–Kier alpha value is -2.24. The molecule has 1 fully saturated rings. The zero-order valence-corrected chi connectivity index (χ0v) is 14.9. The molecule has 1 amide bonds. The molecule has 136 valence electrons. The number of benzene rings is 1. The second-order valence-electron chi connectivity index (χ2n) is 7.00. The Morgan fingerprint density at radius 3 is 2.76 bits per heavy atom. The number of fused-ring (bicyclic) bond motifs is 1. The minimum atomic E-state index is -0.845. The molecule has 1 saturated carbocycles. The van der Waals surface area contributed by atoms with Crippen molar-refractivity contribution in [2.75, 3.05) is 6.79 Å². The van der Waals surface area contributed by atoms with Crippen LogP contribution in [0.2, 0.25) is 0 Å². The number of carbonyl (C=O) groups is 2. The van der Waals surface area contributed by atoms with Crippen molar-refractivity contribution in [3.05, 3.63) is 23.8 Å². The normalized spacial score (nSPS) is 26.0. The third-order valence-electron chi connectivity index (χ3n) is 5.30. The average Bonchev–Trinajstić information content (AvgIpc) is 3.06. The Morgan fingerprint density at radius 1 is 1.20 bits per heavy atom. The second kappa shape index (κ2) is 7.33. The van der Waals surface area contributed by atoms with Crippen molar-refractivity contribution in [1.29, 1.82) is 0 Å². The number of esters is 1. The van der Waals surface area contributed by atoms with Crippen LogP contribution in [0.25, 0.3) is 0 Å². The molecule has 4 atom stereocenters. The van der Waals surface area contributed by atoms with E-state index in [0.29, 0.717) is 28.9 Å². The van der Waals surface area contributed by atoms with Crippen LogP contribution in [-0.4, -0.2) is 30.8 Å². The van der Waals surface area contributed by atoms with Gasteiger partial charge in [-0.1, -0.05) is 26.7 Å². The van der Waals surface area contributed by atoms with Gasteiger partial charge in [-0.15, -0.1) is 0 Å². The summed E-state index contributed by atoms with van der Waals surface area (Å²) in [5, 5.41) is 3.04. The summed E-state index contributed by atoms with van der Waals surface area (Å²) in [5.74, 6) is 1.32. The molecule has 0 bridgehead atoms. The highest BCUT2D eigenvalue weighted by Gasteiger charge is 2.30. The lowest BCUT2D eigenvalue weighted by atomic mass is 9.78. The van der Waals surface area contributed by atoms with Crippen molar-refractivity contribution in [2.45, 2.75) is 52.2 Å². The zero-order chi connectivity index (χ0) is 18.0. The van der Waals surface area contributed by atoms with Gasteiger partial charge in [0.05, 0.1) is 5.56 Å². The Kier molecular flexibility index (Phi) is 5.16. The summed E-state index contributed by atoms with van der Waals surface area (Å²) in [6.45, 7) is 6.12. The van der Waals surface area contributed by atoms with Gasteiger partial charge in [-0.25, -0.2) is 4.79 Å². The number of carbonyl (C=O) groups excluding carboxylic acids is 2. The van der Waals surface area contributed by atoms with E-state index >= 15 is 0 Å². The Bertz CT molecular complexity index is 659. The molecule has 0 spiro atoms. The van der Waals surface area contributed by atoms with Crippen LogP contribution >= 0.6 is 0 Å². The van der Waals surface area contributed by atoms with Crippen LogP contribution in [-0.2, 0) is 9.53 Å². The van der Waals surface area contributed by atoms with Gasteiger partial charge < -0.3 is 19.5 Å². The molecule has 25 heavy (non-hydrogen) atoms. The van der Waals surface area contributed by atoms with Gasteiger partial charge >= 0.3 is 5.97 Å². The molecule has 1 aromatic rings. The van der Waals surface area contributed by atoms with Crippen molar-refractivity contribution in [3.63, 3.8) is 0 Å². The first-order chi connectivity index (χ1) is 12.0. The molecule has 3 rings (SSSR count). The summed E-state index contributed by atoms with van der Waals surface area (Å²) in [6.07, 6.45) is 2.44. The summed E-state index contributed by atoms with van der Waals surface area (Å²) in [4.78, 5) is 24.7. The topological polar surface area (TPSA) is 73.9 Å². The van der Waals surface area contributed by atoms with E-state index in [0.717, 1.165) is 12.8 Å². The first-order valence-electron chi connectivity index (χ1n) is 8.86. The van der Waals surface area contributed by atoms with Gasteiger partial charge in [-0.3, -0.25) is 4.79 Å². The van der Waals surface area contributed by atoms with Gasteiger partial charge in [0.1, 0.15) is 0 Å². The van der Waals surface area contributed by atoms with E-state index in [2.05, 4.69) is 19.2 Å². The van der Waals surface area contributed by atoms with E-state index in [-0.39, 0.29) is 18.7 Å². The molecule has 0 radical (unpaired) electrons. The van der Waals surface area contributed by atoms with Crippen molar-refractivity contribution in [2.24, 2.45) is 11.8 Å². The summed E-state index contributed by atoms with van der Waals surface area (Å²) in [6, 6.07) is 4.98. The predicted octanol–water partition coefficient (Wildman–Crippen LogP) is 2.90. The average molecular weight is 347 g/mol. The fraction of sp³-hybridized carbons (Fsp3) is 0.579. The monoisotopic (exact) mass is 347 g/mol. The van der Waals surface area contributed by atoms with Crippen LogP contribution in [0, 0.1) is 11.8 Å². The molecule has 6 heteroatoms. The summed E-state index contributed by atoms with van der Waals surface area (Å²) in [7, 11) is 0. The highest BCUT2D eigenvalue weighted by molar-refractivity contribution is 5.93. The third kappa shape index (κ3) is 3.89. The molecule has 6 nitrogen and oxygen atoms in total. The van der Waals surface area contributed by atoms with Gasteiger partial charge in [0.25, 0.3) is 5.91 Å². The largest absolute Gasteiger partial charge is 0.454 e. The van der Waals surface area contributed by atoms with Gasteiger partial charge in [0.2, 0.25) is 6.79 Å². The summed E-state index contributed by atoms with van der Waals surface area (Å²) < 4.78 is 15.8. The number of hydrogen-bond donors (Lipinski definition) is 1. The molecular formula is C19H25NO5. The third-order valence-corrected chi connectivity index (χ3v) is 5.30. The fourth-order valence-corrected chi connectivity index (χ4v) is 3.39. The first-order valence-corrected chi connectivity index (χ1v) is 8.86. The van der Waals surface area contributed by atoms with Crippen molar-refractivity contribution in [1.82, 2.24) is 5.32 Å². The Balaban J connectivity index is 1.56. The maximum absolute atomic E-state index is 12.4. The van der Waals surface area contributed by atoms with E-state index in [1.54, 1.807) is 25.1 Å². The molecule has 1 aromatic carbocycles. The minimum absolute atomic E-state index is 0.142. The first kappa shape index (κ1) is 17.6. The number of hydrogen-bond acceptors (Lipinski definition) is 5. The fourth-order valence-electron chi connectivity index (χ4n) is 3.39. The van der Waals surface area contributed by atoms with Gasteiger partial charge in [0.15, 0.2) is 17.6 Å². The highest BCUT2D eigenvalue weighted by Crippen LogP contribution is 2.33. The molecule has 1 heterocycles. The number of ether oxygens (including phenoxy) is 3. The standard InChI is InChI=1S/C19H25NO5/c1-11-5-4-6-15(12(11)2)20-18(21)13(3)25-19(22)14-7-8-16-17(9-14)24-10-23-16/h7-9,11-13,15H,4-6,10H2,1-3H3,(H,20,21)/t11-,12-,13-,15+/m0/s1. The number of amides is 1. The molecular weight excluding hydrogens is 322 g/mol. The number of rotatable bonds is 4. The molecule has 1 N–H and O–H groups in total. The van der Waals surface area contributed by atoms with Gasteiger partial charge in [0, 0.05) is 6.04 Å². The van der Waals surface area contributed by atoms with E-state index in [1.807, 2.05) is 0 Å². The Morgan fingerprint density at radius 2 is 1.96 bits per heavy atom. The minimum Gasteiger partial charge on any atom is -0.454 e. The SMILES string of the molecule is C[C@H]1[C@@H](C)CCC[C@H]1NC(=O)[C@H](C)OC(=O)c1ccc2c(c1)OCO2. The number of nitrogens with one attached hydrogen (secondary N) is 1. The highest BCUT2D eigenvalue weighted by atomic mass is 16.7. The van der Waals surface area contributed by atoms with Crippen LogP contribution in [0.4, 0.5) is 0 Å². The maximum atomic E-state index is 12.4. The van der Waals surface area contributed by atoms with E-state index in [4.69, 9.17) is 14.2 Å². The molecule has 1 aliphatic heterocycles. The van der Waals surface area contributed by atoms with Gasteiger partial charge in [-0.2, -0.15) is 0 Å². The van der Waals surface area contributed by atoms with Crippen molar-refractivity contribution >= 4 is 11.9 Å². The van der Waals surface area contributed by atoms with E-state index in [1.165, 1.54) is 6.42 Å². The maximum Gasteiger partial charge on any atom is 0.339 e. The molecule has 2 aliphatic rings. The second-order valence-corrected chi connectivity index (χ2v) is 7.00. The quantitative estimate of drug-likeness (QED) is 0.848. The van der Waals surface area contributed by atoms with Gasteiger partial charge in [-0.05, 0) is 43.4 Å². The van der Waals surface area contributed by atoms with E-state index in [9.17, 15) is 9.59 Å². The van der Waals surface area contributed by atoms with Crippen molar-refractivity contribution in [3.8, 4) is 11.5 Å². The van der Waals surface area contributed by atoms with Crippen LogP contribution < -0.4 is 14.8 Å². The lowest BCUT2D eigenvalue weighted by Crippen LogP contribution is -2.47. The summed E-state index contributed by atoms with van der Waals surface area (Å²) >= 11 is 0. The molecule has 0 unspecified atom stereocenters. The van der Waals surface area contributed by atoms with Crippen LogP contribution in [0.15, 0.2) is 18.2 Å². The lowest BCUT2D eigenvalue weighted by Gasteiger charge is -2.35. The molecule has 0 saturated heterocycles. The molecule has 0 aromatic heterocycles. The van der Waals surface area contributed by atoms with E-state index < -0.39 is 12.1 Å². The van der Waals surface area contributed by atoms with Crippen LogP contribution in [0.3, 0.4) is 0 Å². The smallest absolute Gasteiger partial charge is 0.339 e. The van der Waals surface area contributed by atoms with Crippen LogP contribution in [0.5, 0.6) is 11.5 Å². The Labute approximate surface area is 147 Å². The lowest BCUT2D eigenvalue weighted by molar-refractivity contribution is -0.130.